The third-order valence-electron chi connectivity index (χ3n) is 5.02. The molecule has 2 heterocycles. The number of nitrogens with one attached hydrogen (secondary N) is 1. The normalized spacial score (nSPS) is 24.3. The largest absolute Gasteiger partial charge is 0.373 e. The van der Waals surface area contributed by atoms with Gasteiger partial charge in [-0.25, -0.2) is 0 Å². The lowest BCUT2D eigenvalue weighted by Gasteiger charge is -2.40. The molecule has 1 N–H and O–H groups in total. The molecule has 2 amide bonds. The maximum atomic E-state index is 13.0. The first-order valence-electron chi connectivity index (χ1n) is 9.74. The second-order valence-corrected chi connectivity index (χ2v) is 9.46. The van der Waals surface area contributed by atoms with Gasteiger partial charge in [-0.05, 0) is 38.1 Å². The van der Waals surface area contributed by atoms with Gasteiger partial charge in [-0.2, -0.15) is 17.0 Å². The highest BCUT2D eigenvalue weighted by atomic mass is 32.2. The van der Waals surface area contributed by atoms with Crippen LogP contribution in [0.4, 0.5) is 5.69 Å². The molecule has 1 aromatic rings. The number of amides is 2. The Labute approximate surface area is 171 Å². The number of hydrogen-bond acceptors (Lipinski definition) is 5. The standard InChI is InChI=1S/C19H28N4O5S/c1-14-12-23(13-15(2)28-14)29(26,27)22-10-8-21(9-11-22)19(25)17-4-6-18(7-5-17)20-16(3)24/h4-7,14-15H,8-13H2,1-3H3,(H,20,24)/t14-,15-/m0/s1. The fourth-order valence-corrected chi connectivity index (χ4v) is 5.43. The Balaban J connectivity index is 1.59. The average Bonchev–Trinajstić information content (AvgIpc) is 2.67. The van der Waals surface area contributed by atoms with E-state index in [1.807, 2.05) is 13.8 Å². The van der Waals surface area contributed by atoms with E-state index < -0.39 is 10.2 Å². The summed E-state index contributed by atoms with van der Waals surface area (Å²) in [5.41, 5.74) is 1.13. The second-order valence-electron chi connectivity index (χ2n) is 7.53. The first-order chi connectivity index (χ1) is 13.7. The molecule has 0 unspecified atom stereocenters. The number of hydrogen-bond donors (Lipinski definition) is 1. The molecule has 1 aromatic carbocycles. The first kappa shape index (κ1) is 21.7. The Morgan fingerprint density at radius 1 is 0.966 bits per heavy atom. The molecule has 0 aliphatic carbocycles. The SMILES string of the molecule is CC(=O)Nc1ccc(C(=O)N2CCN(S(=O)(=O)N3C[C@H](C)O[C@@H](C)C3)CC2)cc1. The molecule has 0 aromatic heterocycles. The average molecular weight is 425 g/mol. The van der Waals surface area contributed by atoms with Crippen molar-refractivity contribution < 1.29 is 22.7 Å². The molecule has 2 aliphatic rings. The van der Waals surface area contributed by atoms with Gasteiger partial charge in [-0.15, -0.1) is 0 Å². The maximum absolute atomic E-state index is 13.0. The topological polar surface area (TPSA) is 99.3 Å². The van der Waals surface area contributed by atoms with Gasteiger partial charge in [0.1, 0.15) is 0 Å². The minimum absolute atomic E-state index is 0.142. The fraction of sp³-hybridized carbons (Fsp3) is 0.579. The molecule has 0 bridgehead atoms. The van der Waals surface area contributed by atoms with Crippen molar-refractivity contribution in [1.29, 1.82) is 0 Å². The molecule has 0 spiro atoms. The van der Waals surface area contributed by atoms with Crippen LogP contribution < -0.4 is 5.32 Å². The van der Waals surface area contributed by atoms with Gasteiger partial charge in [0.25, 0.3) is 16.1 Å². The molecular weight excluding hydrogens is 396 g/mol. The lowest BCUT2D eigenvalue weighted by molar-refractivity contribution is -0.114. The number of piperazine rings is 1. The van der Waals surface area contributed by atoms with Gasteiger partial charge in [0, 0.05) is 57.4 Å². The van der Waals surface area contributed by atoms with Crippen LogP contribution in [0.25, 0.3) is 0 Å². The van der Waals surface area contributed by atoms with Gasteiger partial charge >= 0.3 is 0 Å². The summed E-state index contributed by atoms with van der Waals surface area (Å²) in [4.78, 5) is 25.5. The summed E-state index contributed by atoms with van der Waals surface area (Å²) in [5, 5.41) is 2.66. The van der Waals surface area contributed by atoms with E-state index in [0.717, 1.165) is 0 Å². The first-order valence-corrected chi connectivity index (χ1v) is 11.1. The number of rotatable bonds is 4. The van der Waals surface area contributed by atoms with Crippen LogP contribution in [-0.4, -0.2) is 85.2 Å². The molecule has 2 aliphatic heterocycles. The van der Waals surface area contributed by atoms with Crippen LogP contribution in [0.15, 0.2) is 24.3 Å². The number of carbonyl (C=O) groups excluding carboxylic acids is 2. The number of nitrogens with zero attached hydrogens (tertiary/aromatic N) is 3. The van der Waals surface area contributed by atoms with Crippen LogP contribution in [0.5, 0.6) is 0 Å². The van der Waals surface area contributed by atoms with Crippen molar-refractivity contribution in [1.82, 2.24) is 13.5 Å². The van der Waals surface area contributed by atoms with Gasteiger partial charge in [0.05, 0.1) is 12.2 Å². The van der Waals surface area contributed by atoms with Crippen LogP contribution in [0.1, 0.15) is 31.1 Å². The van der Waals surface area contributed by atoms with Crippen molar-refractivity contribution in [2.45, 2.75) is 33.0 Å². The Bertz CT molecular complexity index is 840. The molecule has 3 rings (SSSR count). The summed E-state index contributed by atoms with van der Waals surface area (Å²) >= 11 is 0. The van der Waals surface area contributed by atoms with Gasteiger partial charge in [-0.1, -0.05) is 0 Å². The summed E-state index contributed by atoms with van der Waals surface area (Å²) in [6.07, 6.45) is -0.284. The fourth-order valence-electron chi connectivity index (χ4n) is 3.69. The Morgan fingerprint density at radius 2 is 1.52 bits per heavy atom. The Kier molecular flexibility index (Phi) is 6.57. The van der Waals surface area contributed by atoms with Gasteiger partial charge < -0.3 is 15.0 Å². The van der Waals surface area contributed by atoms with Crippen molar-refractivity contribution >= 4 is 27.7 Å². The highest BCUT2D eigenvalue weighted by Gasteiger charge is 2.37. The summed E-state index contributed by atoms with van der Waals surface area (Å²) < 4.78 is 34.5. The van der Waals surface area contributed by atoms with E-state index in [4.69, 9.17) is 4.74 Å². The number of anilines is 1. The smallest absolute Gasteiger partial charge is 0.282 e. The third-order valence-corrected chi connectivity index (χ3v) is 6.99. The predicted octanol–water partition coefficient (Wildman–Crippen LogP) is 0.757. The molecule has 10 heteroatoms. The van der Waals surface area contributed by atoms with E-state index >= 15 is 0 Å². The summed E-state index contributed by atoms with van der Waals surface area (Å²) in [6.45, 7) is 7.03. The van der Waals surface area contributed by atoms with E-state index in [1.54, 1.807) is 29.2 Å². The van der Waals surface area contributed by atoms with Gasteiger partial charge in [0.2, 0.25) is 5.91 Å². The van der Waals surface area contributed by atoms with E-state index in [0.29, 0.717) is 37.4 Å². The van der Waals surface area contributed by atoms with Crippen molar-refractivity contribution in [2.24, 2.45) is 0 Å². The van der Waals surface area contributed by atoms with Crippen molar-refractivity contribution in [3.05, 3.63) is 29.8 Å². The molecular formula is C19H28N4O5S. The third kappa shape index (κ3) is 5.13. The Hall–Kier alpha value is -2.01. The van der Waals surface area contributed by atoms with E-state index in [1.165, 1.54) is 15.5 Å². The molecule has 9 nitrogen and oxygen atoms in total. The van der Waals surface area contributed by atoms with Crippen LogP contribution in [0, 0.1) is 0 Å². The molecule has 0 radical (unpaired) electrons. The molecule has 2 atom stereocenters. The Morgan fingerprint density at radius 3 is 2.03 bits per heavy atom. The van der Waals surface area contributed by atoms with Crippen LogP contribution in [-0.2, 0) is 19.7 Å². The van der Waals surface area contributed by atoms with Crippen molar-refractivity contribution in [2.75, 3.05) is 44.6 Å². The minimum atomic E-state index is -3.57. The van der Waals surface area contributed by atoms with Gasteiger partial charge in [-0.3, -0.25) is 9.59 Å². The summed E-state index contributed by atoms with van der Waals surface area (Å²) in [7, 11) is -3.57. The van der Waals surface area contributed by atoms with E-state index in [-0.39, 0.29) is 37.1 Å². The zero-order valence-electron chi connectivity index (χ0n) is 17.0. The van der Waals surface area contributed by atoms with Gasteiger partial charge in [0.15, 0.2) is 0 Å². The van der Waals surface area contributed by atoms with E-state index in [2.05, 4.69) is 5.32 Å². The molecule has 0 saturated carbocycles. The minimum Gasteiger partial charge on any atom is -0.373 e. The van der Waals surface area contributed by atoms with Crippen LogP contribution >= 0.6 is 0 Å². The number of ether oxygens (including phenoxy) is 1. The lowest BCUT2D eigenvalue weighted by Crippen LogP contribution is -2.57. The lowest BCUT2D eigenvalue weighted by atomic mass is 10.1. The summed E-state index contributed by atoms with van der Waals surface area (Å²) in [5.74, 6) is -0.324. The zero-order chi connectivity index (χ0) is 21.2. The number of benzene rings is 1. The molecule has 29 heavy (non-hydrogen) atoms. The van der Waals surface area contributed by atoms with Crippen molar-refractivity contribution in [3.63, 3.8) is 0 Å². The quantitative estimate of drug-likeness (QED) is 0.769. The maximum Gasteiger partial charge on any atom is 0.282 e. The molecule has 2 saturated heterocycles. The molecule has 2 fully saturated rings. The second kappa shape index (κ2) is 8.78. The highest BCUT2D eigenvalue weighted by molar-refractivity contribution is 7.86. The predicted molar refractivity (Wildman–Crippen MR) is 109 cm³/mol. The zero-order valence-corrected chi connectivity index (χ0v) is 17.8. The van der Waals surface area contributed by atoms with Crippen LogP contribution in [0.3, 0.4) is 0 Å². The van der Waals surface area contributed by atoms with Crippen molar-refractivity contribution in [3.8, 4) is 0 Å². The van der Waals surface area contributed by atoms with Crippen LogP contribution in [0.2, 0.25) is 0 Å². The number of carbonyl (C=O) groups is 2. The monoisotopic (exact) mass is 424 g/mol. The molecule has 160 valence electrons. The summed E-state index contributed by atoms with van der Waals surface area (Å²) in [6, 6.07) is 6.67. The number of morpholine rings is 1. The van der Waals surface area contributed by atoms with E-state index in [9.17, 15) is 18.0 Å². The highest BCUT2D eigenvalue weighted by Crippen LogP contribution is 2.20.